The zero-order valence-electron chi connectivity index (χ0n) is 13.4. The molecule has 0 aliphatic heterocycles. The molecule has 1 aromatic heterocycles. The molecule has 23 heavy (non-hydrogen) atoms. The van der Waals surface area contributed by atoms with Crippen molar-refractivity contribution in [2.45, 2.75) is 37.7 Å². The van der Waals surface area contributed by atoms with Gasteiger partial charge in [-0.3, -0.25) is 14.2 Å². The lowest BCUT2D eigenvalue weighted by molar-refractivity contribution is -0.116. The molecule has 0 spiro atoms. The largest absolute Gasteiger partial charge is 0.299 e. The first kappa shape index (κ1) is 15.7. The normalized spacial score (nSPS) is 12.7. The predicted molar refractivity (Wildman–Crippen MR) is 95.2 cm³/mol. The van der Waals surface area contributed by atoms with Gasteiger partial charge >= 0.3 is 0 Å². The Kier molecular flexibility index (Phi) is 4.22. The highest BCUT2D eigenvalue weighted by Crippen LogP contribution is 2.25. The number of Topliss-reactive ketones (excluding diaryl/α,β-unsaturated/α-hetero) is 1. The van der Waals surface area contributed by atoms with E-state index in [4.69, 9.17) is 0 Å². The van der Waals surface area contributed by atoms with Crippen molar-refractivity contribution in [3.63, 3.8) is 0 Å². The van der Waals surface area contributed by atoms with Crippen LogP contribution in [0, 0.1) is 0 Å². The molecule has 1 unspecified atom stereocenters. The minimum atomic E-state index is -0.224. The lowest BCUT2D eigenvalue weighted by Crippen LogP contribution is -2.24. The van der Waals surface area contributed by atoms with Gasteiger partial charge in [0.2, 0.25) is 0 Å². The summed E-state index contributed by atoms with van der Waals surface area (Å²) in [5.74, 6) is 0.0745. The van der Waals surface area contributed by atoms with E-state index in [2.05, 4.69) is 4.98 Å². The molecule has 1 atom stereocenters. The van der Waals surface area contributed by atoms with E-state index in [1.807, 2.05) is 50.2 Å². The summed E-state index contributed by atoms with van der Waals surface area (Å²) in [4.78, 5) is 29.0. The Labute approximate surface area is 138 Å². The third-order valence-electron chi connectivity index (χ3n) is 3.96. The minimum Gasteiger partial charge on any atom is -0.299 e. The van der Waals surface area contributed by atoms with Crippen LogP contribution in [0.15, 0.2) is 46.3 Å². The van der Waals surface area contributed by atoms with Crippen molar-refractivity contribution in [2.75, 3.05) is 0 Å². The lowest BCUT2D eigenvalue weighted by Gasteiger charge is -2.14. The number of nitrogens with zero attached hydrogens (tertiary/aromatic N) is 2. The summed E-state index contributed by atoms with van der Waals surface area (Å²) >= 11 is 1.34. The molecule has 0 aliphatic rings. The monoisotopic (exact) mass is 326 g/mol. The Morgan fingerprint density at radius 1 is 1.26 bits per heavy atom. The maximum absolute atomic E-state index is 12.8. The Balaban J connectivity index is 2.26. The number of hydrogen-bond acceptors (Lipinski definition) is 4. The van der Waals surface area contributed by atoms with Crippen molar-refractivity contribution in [1.29, 1.82) is 0 Å². The lowest BCUT2D eigenvalue weighted by atomic mass is 10.1. The van der Waals surface area contributed by atoms with Gasteiger partial charge in [0.25, 0.3) is 5.56 Å². The Bertz CT molecular complexity index is 962. The highest BCUT2D eigenvalue weighted by atomic mass is 32.2. The van der Waals surface area contributed by atoms with Gasteiger partial charge in [0.15, 0.2) is 5.16 Å². The van der Waals surface area contributed by atoms with Gasteiger partial charge in [-0.2, -0.15) is 0 Å². The van der Waals surface area contributed by atoms with Crippen LogP contribution < -0.4 is 5.56 Å². The summed E-state index contributed by atoms with van der Waals surface area (Å²) < 4.78 is 1.64. The van der Waals surface area contributed by atoms with E-state index in [0.717, 1.165) is 10.8 Å². The third kappa shape index (κ3) is 2.88. The van der Waals surface area contributed by atoms with Gasteiger partial charge in [-0.25, -0.2) is 4.98 Å². The molecule has 118 valence electrons. The standard InChI is InChI=1S/C18H18N2O2S/c1-4-20-17(22)15-9-13-7-5-6-8-14(13)10-16(15)19-18(20)23-12(3)11(2)21/h5-10,12H,4H2,1-3H3. The van der Waals surface area contributed by atoms with Crippen LogP contribution in [-0.2, 0) is 11.3 Å². The zero-order valence-corrected chi connectivity index (χ0v) is 14.2. The van der Waals surface area contributed by atoms with Gasteiger partial charge in [0.1, 0.15) is 5.78 Å². The van der Waals surface area contributed by atoms with E-state index in [1.165, 1.54) is 11.8 Å². The minimum absolute atomic E-state index is 0.0542. The third-order valence-corrected chi connectivity index (χ3v) is 5.17. The average molecular weight is 326 g/mol. The van der Waals surface area contributed by atoms with Crippen molar-refractivity contribution >= 4 is 39.2 Å². The molecule has 5 heteroatoms. The summed E-state index contributed by atoms with van der Waals surface area (Å²) in [6.45, 7) is 5.84. The number of rotatable bonds is 4. The highest BCUT2D eigenvalue weighted by molar-refractivity contribution is 8.00. The number of benzene rings is 2. The van der Waals surface area contributed by atoms with Gasteiger partial charge in [-0.05, 0) is 43.7 Å². The first-order chi connectivity index (χ1) is 11.0. The molecule has 2 aromatic carbocycles. The van der Waals surface area contributed by atoms with E-state index in [1.54, 1.807) is 11.5 Å². The fourth-order valence-electron chi connectivity index (χ4n) is 2.50. The molecule has 0 aliphatic carbocycles. The van der Waals surface area contributed by atoms with Gasteiger partial charge in [-0.1, -0.05) is 36.0 Å². The molecular formula is C18H18N2O2S. The van der Waals surface area contributed by atoms with Crippen molar-refractivity contribution in [3.8, 4) is 0 Å². The number of fused-ring (bicyclic) bond motifs is 2. The van der Waals surface area contributed by atoms with E-state index < -0.39 is 0 Å². The van der Waals surface area contributed by atoms with Crippen LogP contribution in [0.5, 0.6) is 0 Å². The summed E-state index contributed by atoms with van der Waals surface area (Å²) in [6, 6.07) is 11.8. The fourth-order valence-corrected chi connectivity index (χ4v) is 3.47. The predicted octanol–water partition coefficient (Wildman–Crippen LogP) is 3.64. The zero-order chi connectivity index (χ0) is 16.6. The summed E-state index contributed by atoms with van der Waals surface area (Å²) in [7, 11) is 0. The molecule has 0 saturated heterocycles. The number of carbonyl (C=O) groups is 1. The fraction of sp³-hybridized carbons (Fsp3) is 0.278. The molecule has 0 radical (unpaired) electrons. The quantitative estimate of drug-likeness (QED) is 0.417. The number of aromatic nitrogens is 2. The van der Waals surface area contributed by atoms with Crippen LogP contribution in [0.1, 0.15) is 20.8 Å². The van der Waals surface area contributed by atoms with Gasteiger partial charge in [-0.15, -0.1) is 0 Å². The SMILES string of the molecule is CCn1c(SC(C)C(C)=O)nc2cc3ccccc3cc2c1=O. The number of thioether (sulfide) groups is 1. The van der Waals surface area contributed by atoms with Crippen molar-refractivity contribution < 1.29 is 4.79 Å². The van der Waals surface area contributed by atoms with Crippen LogP contribution in [0.3, 0.4) is 0 Å². The second-order valence-corrected chi connectivity index (χ2v) is 6.84. The molecule has 3 aromatic rings. The maximum atomic E-state index is 12.8. The van der Waals surface area contributed by atoms with Crippen molar-refractivity contribution in [2.24, 2.45) is 0 Å². The molecule has 0 N–H and O–H groups in total. The topological polar surface area (TPSA) is 52.0 Å². The van der Waals surface area contributed by atoms with E-state index >= 15 is 0 Å². The van der Waals surface area contributed by atoms with Crippen LogP contribution in [0.25, 0.3) is 21.7 Å². The van der Waals surface area contributed by atoms with Crippen molar-refractivity contribution in [3.05, 3.63) is 46.8 Å². The number of hydrogen-bond donors (Lipinski definition) is 0. The molecule has 3 rings (SSSR count). The molecule has 0 bridgehead atoms. The summed E-state index contributed by atoms with van der Waals surface area (Å²) in [5.41, 5.74) is 0.623. The first-order valence-electron chi connectivity index (χ1n) is 7.61. The Morgan fingerprint density at radius 2 is 1.91 bits per heavy atom. The van der Waals surface area contributed by atoms with Crippen LogP contribution in [0.2, 0.25) is 0 Å². The Hall–Kier alpha value is -2.14. The second kappa shape index (κ2) is 6.16. The van der Waals surface area contributed by atoms with Crippen LogP contribution in [-0.4, -0.2) is 20.6 Å². The second-order valence-electron chi connectivity index (χ2n) is 5.53. The Morgan fingerprint density at radius 3 is 2.52 bits per heavy atom. The molecule has 0 saturated carbocycles. The smallest absolute Gasteiger partial charge is 0.262 e. The maximum Gasteiger partial charge on any atom is 0.262 e. The molecule has 0 fully saturated rings. The van der Waals surface area contributed by atoms with Gasteiger partial charge < -0.3 is 0 Å². The number of carbonyl (C=O) groups excluding carboxylic acids is 1. The summed E-state index contributed by atoms with van der Waals surface area (Å²) in [6.07, 6.45) is 0. The van der Waals surface area contributed by atoms with E-state index in [9.17, 15) is 9.59 Å². The van der Waals surface area contributed by atoms with Gasteiger partial charge in [0, 0.05) is 6.54 Å². The molecule has 0 amide bonds. The van der Waals surface area contributed by atoms with Crippen LogP contribution in [0.4, 0.5) is 0 Å². The molecule has 4 nitrogen and oxygen atoms in total. The first-order valence-corrected chi connectivity index (χ1v) is 8.49. The number of ketones is 1. The summed E-state index contributed by atoms with van der Waals surface area (Å²) in [5, 5.41) is 3.07. The van der Waals surface area contributed by atoms with E-state index in [-0.39, 0.29) is 16.6 Å². The average Bonchev–Trinajstić information content (AvgIpc) is 2.53. The van der Waals surface area contributed by atoms with Gasteiger partial charge in [0.05, 0.1) is 16.2 Å². The molecule has 1 heterocycles. The van der Waals surface area contributed by atoms with Crippen molar-refractivity contribution in [1.82, 2.24) is 9.55 Å². The van der Waals surface area contributed by atoms with E-state index in [0.29, 0.717) is 22.6 Å². The molecular weight excluding hydrogens is 308 g/mol. The highest BCUT2D eigenvalue weighted by Gasteiger charge is 2.16. The van der Waals surface area contributed by atoms with Crippen LogP contribution >= 0.6 is 11.8 Å².